The van der Waals surface area contributed by atoms with E-state index in [0.29, 0.717) is 6.42 Å². The van der Waals surface area contributed by atoms with Gasteiger partial charge in [-0.15, -0.1) is 0 Å². The van der Waals surface area contributed by atoms with Crippen LogP contribution in [0.25, 0.3) is 0 Å². The molecule has 1 aliphatic carbocycles. The Labute approximate surface area is 107 Å². The highest BCUT2D eigenvalue weighted by Crippen LogP contribution is 2.38. The van der Waals surface area contributed by atoms with E-state index < -0.39 is 29.3 Å². The standard InChI is InChI=1S/C9H9BrF5NO2/c10-4-5(17)7(2-1-3-7)16-6(18)8(11,12)9(13,14)15/h1-4H2,(H,16,18). The van der Waals surface area contributed by atoms with Crippen LogP contribution in [0.3, 0.4) is 0 Å². The normalized spacial score (nSPS) is 19.0. The molecule has 0 atom stereocenters. The molecule has 0 spiro atoms. The average molecular weight is 338 g/mol. The number of rotatable bonds is 4. The first-order chi connectivity index (χ1) is 8.07. The van der Waals surface area contributed by atoms with Crippen molar-refractivity contribution in [2.45, 2.75) is 36.9 Å². The lowest BCUT2D eigenvalue weighted by atomic mass is 9.74. The second-order valence-corrected chi connectivity index (χ2v) is 4.58. The summed E-state index contributed by atoms with van der Waals surface area (Å²) in [6, 6.07) is 0. The van der Waals surface area contributed by atoms with Crippen molar-refractivity contribution in [3.05, 3.63) is 0 Å². The molecule has 0 aromatic heterocycles. The molecular formula is C9H9BrF5NO2. The molecule has 0 aromatic carbocycles. The van der Waals surface area contributed by atoms with Gasteiger partial charge in [0, 0.05) is 0 Å². The van der Waals surface area contributed by atoms with Gasteiger partial charge in [-0.1, -0.05) is 15.9 Å². The SMILES string of the molecule is O=C(CBr)C1(NC(=O)C(F)(F)C(F)(F)F)CCC1. The molecule has 104 valence electrons. The van der Waals surface area contributed by atoms with Gasteiger partial charge in [-0.3, -0.25) is 9.59 Å². The zero-order chi connectivity index (χ0) is 14.2. The van der Waals surface area contributed by atoms with Crippen molar-refractivity contribution >= 4 is 27.6 Å². The molecule has 9 heteroatoms. The van der Waals surface area contributed by atoms with Crippen molar-refractivity contribution in [3.63, 3.8) is 0 Å². The number of amides is 1. The highest BCUT2D eigenvalue weighted by molar-refractivity contribution is 9.09. The quantitative estimate of drug-likeness (QED) is 0.631. The number of nitrogens with one attached hydrogen (secondary N) is 1. The summed E-state index contributed by atoms with van der Waals surface area (Å²) in [7, 11) is 0. The largest absolute Gasteiger partial charge is 0.463 e. The Kier molecular flexibility index (Phi) is 4.04. The maximum absolute atomic E-state index is 12.7. The van der Waals surface area contributed by atoms with Gasteiger partial charge < -0.3 is 5.32 Å². The lowest BCUT2D eigenvalue weighted by Crippen LogP contribution is -2.64. The summed E-state index contributed by atoms with van der Waals surface area (Å²) in [5.74, 6) is -8.59. The molecule has 1 saturated carbocycles. The Morgan fingerprint density at radius 1 is 1.17 bits per heavy atom. The summed E-state index contributed by atoms with van der Waals surface area (Å²) in [6.07, 6.45) is -5.36. The van der Waals surface area contributed by atoms with E-state index in [1.807, 2.05) is 0 Å². The fourth-order valence-electron chi connectivity index (χ4n) is 1.56. The van der Waals surface area contributed by atoms with Crippen LogP contribution in [-0.4, -0.2) is 34.7 Å². The third-order valence-electron chi connectivity index (χ3n) is 2.86. The van der Waals surface area contributed by atoms with Crippen LogP contribution in [0, 0.1) is 0 Å². The van der Waals surface area contributed by atoms with Crippen molar-refractivity contribution < 1.29 is 31.5 Å². The first-order valence-corrected chi connectivity index (χ1v) is 6.05. The summed E-state index contributed by atoms with van der Waals surface area (Å²) in [5.41, 5.74) is -1.59. The average Bonchev–Trinajstić information content (AvgIpc) is 2.20. The summed E-state index contributed by atoms with van der Waals surface area (Å²) in [5, 5.41) is 1.32. The van der Waals surface area contributed by atoms with Crippen LogP contribution in [0.4, 0.5) is 22.0 Å². The minimum atomic E-state index is -5.97. The van der Waals surface area contributed by atoms with Gasteiger partial charge in [0.15, 0.2) is 5.78 Å². The van der Waals surface area contributed by atoms with E-state index in [1.54, 1.807) is 0 Å². The lowest BCUT2D eigenvalue weighted by Gasteiger charge is -2.41. The molecule has 0 saturated heterocycles. The van der Waals surface area contributed by atoms with Gasteiger partial charge >= 0.3 is 18.0 Å². The molecule has 0 aliphatic heterocycles. The van der Waals surface area contributed by atoms with E-state index in [4.69, 9.17) is 0 Å². The van der Waals surface area contributed by atoms with Crippen molar-refractivity contribution in [2.24, 2.45) is 0 Å². The Bertz CT molecular complexity index is 364. The summed E-state index contributed by atoms with van der Waals surface area (Å²) >= 11 is 2.79. The van der Waals surface area contributed by atoms with E-state index in [9.17, 15) is 31.5 Å². The Balaban J connectivity index is 2.84. The first kappa shape index (κ1) is 15.3. The maximum atomic E-state index is 12.7. The number of carbonyl (C=O) groups excluding carboxylic acids is 2. The number of hydrogen-bond donors (Lipinski definition) is 1. The van der Waals surface area contributed by atoms with Crippen LogP contribution in [0.15, 0.2) is 0 Å². The maximum Gasteiger partial charge on any atom is 0.463 e. The van der Waals surface area contributed by atoms with Crippen molar-refractivity contribution in [1.29, 1.82) is 0 Å². The Morgan fingerprint density at radius 2 is 1.67 bits per heavy atom. The van der Waals surface area contributed by atoms with E-state index >= 15 is 0 Å². The number of halogens is 6. The molecule has 1 fully saturated rings. The second-order valence-electron chi connectivity index (χ2n) is 4.02. The topological polar surface area (TPSA) is 46.2 Å². The summed E-state index contributed by atoms with van der Waals surface area (Å²) < 4.78 is 61.3. The smallest absolute Gasteiger partial charge is 0.338 e. The zero-order valence-corrected chi connectivity index (χ0v) is 10.5. The minimum absolute atomic E-state index is 0.0666. The molecule has 1 N–H and O–H groups in total. The zero-order valence-electron chi connectivity index (χ0n) is 8.91. The van der Waals surface area contributed by atoms with Gasteiger partial charge in [0.25, 0.3) is 0 Å². The second kappa shape index (κ2) is 4.75. The highest BCUT2D eigenvalue weighted by Gasteiger charge is 2.65. The summed E-state index contributed by atoms with van der Waals surface area (Å²) in [4.78, 5) is 22.4. The van der Waals surface area contributed by atoms with E-state index in [0.717, 1.165) is 0 Å². The fourth-order valence-corrected chi connectivity index (χ4v) is 2.09. The monoisotopic (exact) mass is 337 g/mol. The minimum Gasteiger partial charge on any atom is -0.338 e. The van der Waals surface area contributed by atoms with Crippen molar-refractivity contribution in [2.75, 3.05) is 5.33 Å². The van der Waals surface area contributed by atoms with Gasteiger partial charge in [-0.05, 0) is 19.3 Å². The van der Waals surface area contributed by atoms with Crippen molar-refractivity contribution in [1.82, 2.24) is 5.32 Å². The van der Waals surface area contributed by atoms with Gasteiger partial charge in [-0.2, -0.15) is 22.0 Å². The van der Waals surface area contributed by atoms with Crippen LogP contribution >= 0.6 is 15.9 Å². The van der Waals surface area contributed by atoms with Gasteiger partial charge in [0.2, 0.25) is 0 Å². The molecule has 0 unspecified atom stereocenters. The van der Waals surface area contributed by atoms with Crippen LogP contribution in [0.5, 0.6) is 0 Å². The van der Waals surface area contributed by atoms with Crippen LogP contribution < -0.4 is 5.32 Å². The predicted octanol–water partition coefficient (Wildman–Crippen LogP) is 2.19. The highest BCUT2D eigenvalue weighted by atomic mass is 79.9. The van der Waals surface area contributed by atoms with Crippen LogP contribution in [0.2, 0.25) is 0 Å². The number of Topliss-reactive ketones (excluding diaryl/α,β-unsaturated/α-hetero) is 1. The van der Waals surface area contributed by atoms with E-state index in [-0.39, 0.29) is 18.2 Å². The Hall–Kier alpha value is -0.730. The van der Waals surface area contributed by atoms with Crippen LogP contribution in [0.1, 0.15) is 19.3 Å². The van der Waals surface area contributed by atoms with E-state index in [2.05, 4.69) is 15.9 Å². The number of hydrogen-bond acceptors (Lipinski definition) is 2. The molecular weight excluding hydrogens is 329 g/mol. The number of ketones is 1. The molecule has 3 nitrogen and oxygen atoms in total. The molecule has 0 heterocycles. The molecule has 18 heavy (non-hydrogen) atoms. The third-order valence-corrected chi connectivity index (χ3v) is 3.37. The van der Waals surface area contributed by atoms with Gasteiger partial charge in [-0.25, -0.2) is 0 Å². The van der Waals surface area contributed by atoms with Gasteiger partial charge in [0.05, 0.1) is 10.9 Å². The summed E-state index contributed by atoms with van der Waals surface area (Å²) in [6.45, 7) is 0. The first-order valence-electron chi connectivity index (χ1n) is 4.93. The van der Waals surface area contributed by atoms with E-state index in [1.165, 1.54) is 5.32 Å². The molecule has 0 aromatic rings. The third kappa shape index (κ3) is 2.50. The molecule has 0 bridgehead atoms. The fraction of sp³-hybridized carbons (Fsp3) is 0.778. The molecule has 1 amide bonds. The lowest BCUT2D eigenvalue weighted by molar-refractivity contribution is -0.270. The molecule has 1 rings (SSSR count). The van der Waals surface area contributed by atoms with Crippen molar-refractivity contribution in [3.8, 4) is 0 Å². The predicted molar refractivity (Wildman–Crippen MR) is 54.5 cm³/mol. The van der Waals surface area contributed by atoms with Gasteiger partial charge in [0.1, 0.15) is 0 Å². The van der Waals surface area contributed by atoms with Crippen LogP contribution in [-0.2, 0) is 9.59 Å². The molecule has 1 aliphatic rings. The number of alkyl halides is 6. The Morgan fingerprint density at radius 3 is 1.94 bits per heavy atom. The number of carbonyl (C=O) groups is 2. The molecule has 0 radical (unpaired) electrons.